The highest BCUT2D eigenvalue weighted by Crippen LogP contribution is 2.47. The van der Waals surface area contributed by atoms with Gasteiger partial charge in [0.15, 0.2) is 0 Å². The molecule has 0 heterocycles. The van der Waals surface area contributed by atoms with Crippen LogP contribution in [-0.2, 0) is 4.79 Å². The highest BCUT2D eigenvalue weighted by Gasteiger charge is 2.44. The number of benzene rings is 1. The van der Waals surface area contributed by atoms with Crippen molar-refractivity contribution in [1.29, 1.82) is 0 Å². The molecular formula is C12H14O2. The summed E-state index contributed by atoms with van der Waals surface area (Å²) in [4.78, 5) is 10.7. The largest absolute Gasteiger partial charge is 0.481 e. The Morgan fingerprint density at radius 3 is 2.57 bits per heavy atom. The van der Waals surface area contributed by atoms with Crippen molar-refractivity contribution in [3.63, 3.8) is 0 Å². The molecule has 0 bridgehead atoms. The molecule has 0 aliphatic heterocycles. The van der Waals surface area contributed by atoms with Crippen LogP contribution in [0.4, 0.5) is 0 Å². The van der Waals surface area contributed by atoms with E-state index in [1.54, 1.807) is 0 Å². The van der Waals surface area contributed by atoms with Crippen molar-refractivity contribution >= 4 is 5.97 Å². The maximum absolute atomic E-state index is 10.7. The number of hydrogen-bond acceptors (Lipinski definition) is 1. The van der Waals surface area contributed by atoms with Crippen molar-refractivity contribution < 1.29 is 9.90 Å². The fraction of sp³-hybridized carbons (Fsp3) is 0.417. The van der Waals surface area contributed by atoms with Gasteiger partial charge in [0.2, 0.25) is 0 Å². The predicted molar refractivity (Wildman–Crippen MR) is 54.4 cm³/mol. The molecule has 1 N–H and O–H groups in total. The number of aliphatic carboxylic acids is 1. The predicted octanol–water partition coefficient (Wildman–Crippen LogP) is 2.49. The van der Waals surface area contributed by atoms with Crippen LogP contribution in [0.3, 0.4) is 0 Å². The van der Waals surface area contributed by atoms with E-state index in [1.807, 2.05) is 0 Å². The fourth-order valence-corrected chi connectivity index (χ4v) is 1.83. The summed E-state index contributed by atoms with van der Waals surface area (Å²) >= 11 is 0. The molecule has 0 radical (unpaired) electrons. The third-order valence-corrected chi connectivity index (χ3v) is 3.07. The molecule has 0 amide bonds. The van der Waals surface area contributed by atoms with Crippen molar-refractivity contribution in [1.82, 2.24) is 0 Å². The topological polar surface area (TPSA) is 37.3 Å². The van der Waals surface area contributed by atoms with Crippen molar-refractivity contribution in [2.24, 2.45) is 5.92 Å². The van der Waals surface area contributed by atoms with Crippen molar-refractivity contribution in [3.8, 4) is 0 Å². The van der Waals surface area contributed by atoms with E-state index in [1.165, 1.54) is 16.7 Å². The molecule has 2 atom stereocenters. The second kappa shape index (κ2) is 3.12. The van der Waals surface area contributed by atoms with E-state index >= 15 is 0 Å². The molecule has 2 rings (SSSR count). The molecule has 1 fully saturated rings. The second-order valence-corrected chi connectivity index (χ2v) is 4.13. The summed E-state index contributed by atoms with van der Waals surface area (Å²) in [5.41, 5.74) is 3.69. The van der Waals surface area contributed by atoms with Crippen LogP contribution in [0.1, 0.15) is 29.0 Å². The van der Waals surface area contributed by atoms with E-state index in [2.05, 4.69) is 32.0 Å². The number of carbonyl (C=O) groups is 1. The highest BCUT2D eigenvalue weighted by molar-refractivity contribution is 5.75. The third kappa shape index (κ3) is 1.52. The van der Waals surface area contributed by atoms with Gasteiger partial charge >= 0.3 is 5.97 Å². The van der Waals surface area contributed by atoms with Crippen LogP contribution in [0.5, 0.6) is 0 Å². The summed E-state index contributed by atoms with van der Waals surface area (Å²) in [6.45, 7) is 4.14. The molecule has 0 aromatic heterocycles. The lowest BCUT2D eigenvalue weighted by molar-refractivity contribution is -0.138. The number of aryl methyl sites for hydroxylation is 2. The summed E-state index contributed by atoms with van der Waals surface area (Å²) < 4.78 is 0. The van der Waals surface area contributed by atoms with E-state index in [0.29, 0.717) is 0 Å². The lowest BCUT2D eigenvalue weighted by Gasteiger charge is -2.03. The molecule has 1 aliphatic carbocycles. The number of carboxylic acids is 1. The Kier molecular flexibility index (Phi) is 2.06. The summed E-state index contributed by atoms with van der Waals surface area (Å²) in [6.07, 6.45) is 0.803. The maximum atomic E-state index is 10.7. The Labute approximate surface area is 83.6 Å². The van der Waals surface area contributed by atoms with E-state index in [-0.39, 0.29) is 11.8 Å². The molecule has 0 saturated heterocycles. The monoisotopic (exact) mass is 190 g/mol. The number of carboxylic acid groups (broad SMARTS) is 1. The summed E-state index contributed by atoms with van der Waals surface area (Å²) in [6, 6.07) is 6.24. The third-order valence-electron chi connectivity index (χ3n) is 3.07. The zero-order valence-corrected chi connectivity index (χ0v) is 8.45. The van der Waals surface area contributed by atoms with E-state index in [9.17, 15) is 4.79 Å². The summed E-state index contributed by atoms with van der Waals surface area (Å²) in [5.74, 6) is -0.544. The van der Waals surface area contributed by atoms with Crippen LogP contribution in [0.2, 0.25) is 0 Å². The lowest BCUT2D eigenvalue weighted by atomic mass is 10.0. The van der Waals surface area contributed by atoms with E-state index in [4.69, 9.17) is 5.11 Å². The first kappa shape index (κ1) is 9.25. The van der Waals surface area contributed by atoms with Crippen LogP contribution in [0, 0.1) is 19.8 Å². The van der Waals surface area contributed by atoms with Crippen LogP contribution in [-0.4, -0.2) is 11.1 Å². The van der Waals surface area contributed by atoms with Crippen molar-refractivity contribution in [2.45, 2.75) is 26.2 Å². The van der Waals surface area contributed by atoms with Gasteiger partial charge in [0.05, 0.1) is 5.92 Å². The molecule has 1 aromatic rings. The van der Waals surface area contributed by atoms with Gasteiger partial charge in [0, 0.05) is 0 Å². The van der Waals surface area contributed by atoms with Gasteiger partial charge < -0.3 is 5.11 Å². The molecule has 0 spiro atoms. The second-order valence-electron chi connectivity index (χ2n) is 4.13. The van der Waals surface area contributed by atoms with E-state index in [0.717, 1.165) is 6.42 Å². The Morgan fingerprint density at radius 2 is 2.07 bits per heavy atom. The minimum Gasteiger partial charge on any atom is -0.481 e. The SMILES string of the molecule is Cc1ccc(C2C[C@H]2C(=O)O)cc1C. The Balaban J connectivity index is 2.20. The molecule has 1 unspecified atom stereocenters. The zero-order chi connectivity index (χ0) is 10.3. The minimum absolute atomic E-state index is 0.142. The number of rotatable bonds is 2. The standard InChI is InChI=1S/C12H14O2/c1-7-3-4-9(5-8(7)2)10-6-11(10)12(13)14/h3-5,10-11H,6H2,1-2H3,(H,13,14)/t10?,11-/m1/s1. The molecular weight excluding hydrogens is 176 g/mol. The van der Waals surface area contributed by atoms with Gasteiger partial charge in [-0.05, 0) is 42.9 Å². The van der Waals surface area contributed by atoms with Crippen molar-refractivity contribution in [2.75, 3.05) is 0 Å². The van der Waals surface area contributed by atoms with Gasteiger partial charge in [-0.25, -0.2) is 0 Å². The normalized spacial score (nSPS) is 24.7. The average molecular weight is 190 g/mol. The zero-order valence-electron chi connectivity index (χ0n) is 8.45. The minimum atomic E-state index is -0.659. The quantitative estimate of drug-likeness (QED) is 0.778. The Hall–Kier alpha value is -1.31. The fourth-order valence-electron chi connectivity index (χ4n) is 1.83. The van der Waals surface area contributed by atoms with Gasteiger partial charge in [0.1, 0.15) is 0 Å². The van der Waals surface area contributed by atoms with Crippen LogP contribution in [0.15, 0.2) is 18.2 Å². The molecule has 74 valence electrons. The highest BCUT2D eigenvalue weighted by atomic mass is 16.4. The van der Waals surface area contributed by atoms with Crippen LogP contribution >= 0.6 is 0 Å². The molecule has 2 nitrogen and oxygen atoms in total. The first-order chi connectivity index (χ1) is 6.59. The molecule has 1 aliphatic rings. The average Bonchev–Trinajstić information content (AvgIpc) is 2.89. The molecule has 14 heavy (non-hydrogen) atoms. The molecule has 2 heteroatoms. The molecule has 1 aromatic carbocycles. The van der Waals surface area contributed by atoms with Gasteiger partial charge in [-0.3, -0.25) is 4.79 Å². The summed E-state index contributed by atoms with van der Waals surface area (Å²) in [7, 11) is 0. The van der Waals surface area contributed by atoms with Crippen molar-refractivity contribution in [3.05, 3.63) is 34.9 Å². The van der Waals surface area contributed by atoms with Gasteiger partial charge in [-0.1, -0.05) is 18.2 Å². The smallest absolute Gasteiger partial charge is 0.307 e. The van der Waals surface area contributed by atoms with Crippen LogP contribution in [0.25, 0.3) is 0 Å². The van der Waals surface area contributed by atoms with Crippen LogP contribution < -0.4 is 0 Å². The first-order valence-electron chi connectivity index (χ1n) is 4.89. The van der Waals surface area contributed by atoms with E-state index < -0.39 is 5.97 Å². The molecule has 1 saturated carbocycles. The van der Waals surface area contributed by atoms with Gasteiger partial charge in [0.25, 0.3) is 0 Å². The Morgan fingerprint density at radius 1 is 1.36 bits per heavy atom. The Bertz CT molecular complexity index is 382. The maximum Gasteiger partial charge on any atom is 0.307 e. The van der Waals surface area contributed by atoms with Gasteiger partial charge in [-0.2, -0.15) is 0 Å². The number of hydrogen-bond donors (Lipinski definition) is 1. The summed E-state index contributed by atoms with van der Waals surface area (Å²) in [5, 5.41) is 8.81. The van der Waals surface area contributed by atoms with Gasteiger partial charge in [-0.15, -0.1) is 0 Å². The lowest BCUT2D eigenvalue weighted by Crippen LogP contribution is -1.99. The first-order valence-corrected chi connectivity index (χ1v) is 4.89.